The number of aromatic nitrogens is 4. The quantitative estimate of drug-likeness (QED) is 0.459. The maximum atomic E-state index is 16.9. The minimum atomic E-state index is -2.26. The molecule has 196 valence electrons. The smallest absolute Gasteiger partial charge is 0.335 e. The van der Waals surface area contributed by atoms with Gasteiger partial charge in [0.05, 0.1) is 11.9 Å². The zero-order valence-corrected chi connectivity index (χ0v) is 21.2. The Morgan fingerprint density at radius 2 is 1.95 bits per heavy atom. The molecular weight excluding hydrogens is 481 g/mol. The number of rotatable bonds is 6. The van der Waals surface area contributed by atoms with Crippen LogP contribution in [-0.2, 0) is 14.3 Å². The molecule has 4 atom stereocenters. The van der Waals surface area contributed by atoms with Crippen LogP contribution in [0, 0.1) is 6.92 Å². The summed E-state index contributed by atoms with van der Waals surface area (Å²) in [6.07, 6.45) is 4.82. The number of alkyl halides is 1. The van der Waals surface area contributed by atoms with Crippen molar-refractivity contribution in [3.8, 4) is 0 Å². The van der Waals surface area contributed by atoms with Crippen LogP contribution >= 0.6 is 0 Å². The topological polar surface area (TPSA) is 128 Å². The number of anilines is 1. The molecule has 2 aromatic heterocycles. The molecule has 11 heteroatoms. The fourth-order valence-electron chi connectivity index (χ4n) is 5.60. The van der Waals surface area contributed by atoms with E-state index in [4.69, 9.17) is 9.47 Å². The van der Waals surface area contributed by atoms with Gasteiger partial charge in [0, 0.05) is 13.0 Å². The SMILES string of the molecule is CC(=O)OC1(C)[C@@H](c2cccc(C(=O)O)c2C)OC(n2cnc3c(NC4CCCC4)ncnc32)[C@]1(C)F. The lowest BCUT2D eigenvalue weighted by Gasteiger charge is -2.37. The van der Waals surface area contributed by atoms with E-state index in [-0.39, 0.29) is 5.56 Å². The summed E-state index contributed by atoms with van der Waals surface area (Å²) < 4.78 is 30.3. The Bertz CT molecular complexity index is 1370. The second-order valence-corrected chi connectivity index (χ2v) is 10.1. The van der Waals surface area contributed by atoms with Crippen LogP contribution in [0.1, 0.15) is 80.3 Å². The number of benzene rings is 1. The van der Waals surface area contributed by atoms with Crippen molar-refractivity contribution in [2.24, 2.45) is 0 Å². The molecule has 2 fully saturated rings. The molecule has 3 heterocycles. The molecule has 1 aliphatic heterocycles. The van der Waals surface area contributed by atoms with Gasteiger partial charge in [0.15, 0.2) is 34.5 Å². The largest absolute Gasteiger partial charge is 0.478 e. The predicted molar refractivity (Wildman–Crippen MR) is 132 cm³/mol. The standard InChI is InChI=1S/C26H30FN5O5/c1-14-17(10-7-11-18(14)23(34)35)20-26(4,37-15(2)33)25(3,27)24(36-20)32-13-30-19-21(28-12-29-22(19)32)31-16-8-5-6-9-16/h7,10-13,16,20,24H,5-6,8-9H2,1-4H3,(H,34,35)(H,28,29,31)/t20-,24?,25+,26?/m1/s1. The highest BCUT2D eigenvalue weighted by atomic mass is 19.1. The second kappa shape index (κ2) is 9.05. The number of esters is 1. The number of ether oxygens (including phenoxy) is 2. The molecule has 2 unspecified atom stereocenters. The molecule has 0 bridgehead atoms. The van der Waals surface area contributed by atoms with Crippen LogP contribution in [0.25, 0.3) is 11.2 Å². The van der Waals surface area contributed by atoms with E-state index < -0.39 is 35.5 Å². The number of aromatic carboxylic acids is 1. The normalized spacial score (nSPS) is 28.0. The Labute approximate surface area is 213 Å². The van der Waals surface area contributed by atoms with Gasteiger partial charge in [0.2, 0.25) is 0 Å². The molecule has 1 saturated carbocycles. The fourth-order valence-corrected chi connectivity index (χ4v) is 5.60. The van der Waals surface area contributed by atoms with Crippen LogP contribution in [0.2, 0.25) is 0 Å². The van der Waals surface area contributed by atoms with Crippen molar-refractivity contribution in [1.29, 1.82) is 0 Å². The maximum Gasteiger partial charge on any atom is 0.335 e. The third-order valence-electron chi connectivity index (χ3n) is 7.75. The van der Waals surface area contributed by atoms with Gasteiger partial charge in [-0.1, -0.05) is 25.0 Å². The first-order valence-corrected chi connectivity index (χ1v) is 12.4. The summed E-state index contributed by atoms with van der Waals surface area (Å²) in [5.74, 6) is -1.24. The van der Waals surface area contributed by atoms with Gasteiger partial charge in [-0.05, 0) is 50.8 Å². The molecule has 3 aromatic rings. The Kier molecular flexibility index (Phi) is 6.13. The van der Waals surface area contributed by atoms with E-state index in [0.717, 1.165) is 25.7 Å². The number of carbonyl (C=O) groups excluding carboxylic acids is 1. The number of fused-ring (bicyclic) bond motifs is 1. The van der Waals surface area contributed by atoms with Crippen molar-refractivity contribution in [3.63, 3.8) is 0 Å². The van der Waals surface area contributed by atoms with E-state index in [1.807, 2.05) is 0 Å². The van der Waals surface area contributed by atoms with Crippen LogP contribution in [0.3, 0.4) is 0 Å². The molecule has 10 nitrogen and oxygen atoms in total. The van der Waals surface area contributed by atoms with Gasteiger partial charge in [0.1, 0.15) is 12.4 Å². The number of nitrogens with zero attached hydrogens (tertiary/aromatic N) is 4. The van der Waals surface area contributed by atoms with Crippen LogP contribution in [0.5, 0.6) is 0 Å². The molecule has 37 heavy (non-hydrogen) atoms. The van der Waals surface area contributed by atoms with Gasteiger partial charge in [-0.3, -0.25) is 9.36 Å². The predicted octanol–water partition coefficient (Wildman–Crippen LogP) is 4.51. The molecule has 5 rings (SSSR count). The Hall–Kier alpha value is -3.60. The molecule has 0 spiro atoms. The summed E-state index contributed by atoms with van der Waals surface area (Å²) in [6.45, 7) is 5.60. The summed E-state index contributed by atoms with van der Waals surface area (Å²) in [7, 11) is 0. The number of hydrogen-bond donors (Lipinski definition) is 2. The zero-order chi connectivity index (χ0) is 26.5. The second-order valence-electron chi connectivity index (χ2n) is 10.1. The van der Waals surface area contributed by atoms with Crippen molar-refractivity contribution in [2.75, 3.05) is 5.32 Å². The zero-order valence-electron chi connectivity index (χ0n) is 21.2. The van der Waals surface area contributed by atoms with E-state index >= 15 is 4.39 Å². The summed E-state index contributed by atoms with van der Waals surface area (Å²) in [5.41, 5.74) is -2.33. The van der Waals surface area contributed by atoms with E-state index in [1.54, 1.807) is 19.1 Å². The van der Waals surface area contributed by atoms with Gasteiger partial charge in [-0.15, -0.1) is 0 Å². The van der Waals surface area contributed by atoms with E-state index in [2.05, 4.69) is 20.3 Å². The third-order valence-corrected chi connectivity index (χ3v) is 7.75. The van der Waals surface area contributed by atoms with Crippen molar-refractivity contribution < 1.29 is 28.6 Å². The molecule has 1 aromatic carbocycles. The average molecular weight is 512 g/mol. The molecule has 2 N–H and O–H groups in total. The number of imidazole rings is 1. The lowest BCUT2D eigenvalue weighted by molar-refractivity contribution is -0.174. The van der Waals surface area contributed by atoms with Gasteiger partial charge >= 0.3 is 11.9 Å². The number of hydrogen-bond acceptors (Lipinski definition) is 8. The van der Waals surface area contributed by atoms with Crippen molar-refractivity contribution >= 4 is 28.9 Å². The molecule has 1 aliphatic carbocycles. The van der Waals surface area contributed by atoms with E-state index in [0.29, 0.717) is 34.2 Å². The van der Waals surface area contributed by atoms with Crippen LogP contribution in [0.15, 0.2) is 30.9 Å². The van der Waals surface area contributed by atoms with Crippen molar-refractivity contribution in [2.45, 2.75) is 83.0 Å². The Balaban J connectivity index is 1.60. The lowest BCUT2D eigenvalue weighted by atomic mass is 9.80. The van der Waals surface area contributed by atoms with Gasteiger partial charge in [-0.25, -0.2) is 24.1 Å². The van der Waals surface area contributed by atoms with Crippen LogP contribution in [0.4, 0.5) is 10.2 Å². The number of nitrogens with one attached hydrogen (secondary N) is 1. The lowest BCUT2D eigenvalue weighted by Crippen LogP contribution is -2.51. The average Bonchev–Trinajstić information content (AvgIpc) is 3.53. The minimum Gasteiger partial charge on any atom is -0.478 e. The van der Waals surface area contributed by atoms with Gasteiger partial charge in [-0.2, -0.15) is 0 Å². The summed E-state index contributed by atoms with van der Waals surface area (Å²) >= 11 is 0. The monoisotopic (exact) mass is 511 g/mol. The third kappa shape index (κ3) is 4.01. The Morgan fingerprint density at radius 3 is 2.62 bits per heavy atom. The fraction of sp³-hybridized carbons (Fsp3) is 0.500. The summed E-state index contributed by atoms with van der Waals surface area (Å²) in [4.78, 5) is 37.1. The number of carboxylic acids is 1. The molecular formula is C26H30FN5O5. The highest BCUT2D eigenvalue weighted by Gasteiger charge is 2.67. The maximum absolute atomic E-state index is 16.9. The molecule has 1 saturated heterocycles. The van der Waals surface area contributed by atoms with Crippen LogP contribution < -0.4 is 5.32 Å². The number of carboxylic acid groups (broad SMARTS) is 1. The first kappa shape index (κ1) is 25.1. The first-order valence-electron chi connectivity index (χ1n) is 12.4. The summed E-state index contributed by atoms with van der Waals surface area (Å²) in [6, 6.07) is 4.97. The van der Waals surface area contributed by atoms with Crippen molar-refractivity contribution in [3.05, 3.63) is 47.5 Å². The van der Waals surface area contributed by atoms with Crippen LogP contribution in [-0.4, -0.2) is 53.9 Å². The minimum absolute atomic E-state index is 0.0544. The molecule has 0 amide bonds. The van der Waals surface area contributed by atoms with Crippen molar-refractivity contribution in [1.82, 2.24) is 19.5 Å². The van der Waals surface area contributed by atoms with Gasteiger partial charge in [0.25, 0.3) is 0 Å². The molecule has 2 aliphatic rings. The van der Waals surface area contributed by atoms with E-state index in [1.165, 1.54) is 44.1 Å². The number of halogens is 1. The summed E-state index contributed by atoms with van der Waals surface area (Å²) in [5, 5.41) is 13.1. The highest BCUT2D eigenvalue weighted by Crippen LogP contribution is 2.57. The number of carbonyl (C=O) groups is 2. The molecule has 0 radical (unpaired) electrons. The first-order chi connectivity index (χ1) is 17.5. The Morgan fingerprint density at radius 1 is 1.22 bits per heavy atom. The highest BCUT2D eigenvalue weighted by molar-refractivity contribution is 5.89. The van der Waals surface area contributed by atoms with E-state index in [9.17, 15) is 14.7 Å². The van der Waals surface area contributed by atoms with Gasteiger partial charge < -0.3 is 19.9 Å².